The van der Waals surface area contributed by atoms with Crippen LogP contribution in [0.4, 0.5) is 5.69 Å². The molecule has 6 atom stereocenters. The van der Waals surface area contributed by atoms with Gasteiger partial charge in [0, 0.05) is 15.1 Å². The minimum atomic E-state index is -2.00. The molecular weight excluding hydrogens is 738 g/mol. The van der Waals surface area contributed by atoms with Crippen LogP contribution in [0.1, 0.15) is 24.3 Å². The summed E-state index contributed by atoms with van der Waals surface area (Å²) in [4.78, 5) is 53.4. The van der Waals surface area contributed by atoms with E-state index in [9.17, 15) is 24.3 Å². The molecule has 0 radical (unpaired) electrons. The maximum atomic E-state index is 14.0. The van der Waals surface area contributed by atoms with Crippen LogP contribution in [0.2, 0.25) is 0 Å². The average molecular weight is 760 g/mol. The lowest BCUT2D eigenvalue weighted by Gasteiger charge is -2.50. The van der Waals surface area contributed by atoms with Gasteiger partial charge in [-0.3, -0.25) is 29.0 Å². The van der Waals surface area contributed by atoms with Crippen molar-refractivity contribution in [2.24, 2.45) is 17.8 Å². The van der Waals surface area contributed by atoms with Crippen LogP contribution in [0, 0.1) is 21.3 Å². The van der Waals surface area contributed by atoms with Crippen molar-refractivity contribution in [3.63, 3.8) is 0 Å². The SMILES string of the molecule is COc1cccc([C@H]2C3=CC[C@@H]4C(=O)N(c5ccc(I)cc5)C(=O)[C@@H]4[C@@H]3C[C@@]3(Cl)C(=O)N(CBr)C(=O)[C@@]23Cl)c1O. The molecule has 0 spiro atoms. The second-order valence-corrected chi connectivity index (χ2v) is 13.4. The number of allylic oxidation sites excluding steroid dienone is 2. The molecule has 0 aromatic heterocycles. The summed E-state index contributed by atoms with van der Waals surface area (Å²) >= 11 is 19.8. The number of hydrogen-bond acceptors (Lipinski definition) is 6. The molecule has 1 N–H and O–H groups in total. The predicted octanol–water partition coefficient (Wildman–Crippen LogP) is 4.92. The van der Waals surface area contributed by atoms with Gasteiger partial charge in [-0.15, -0.1) is 23.2 Å². The van der Waals surface area contributed by atoms with E-state index in [2.05, 4.69) is 38.5 Å². The highest BCUT2D eigenvalue weighted by Gasteiger charge is 2.76. The van der Waals surface area contributed by atoms with Crippen molar-refractivity contribution in [1.82, 2.24) is 4.90 Å². The Hall–Kier alpha value is -2.15. The molecule has 8 nitrogen and oxygen atoms in total. The van der Waals surface area contributed by atoms with Gasteiger partial charge in [-0.1, -0.05) is 39.7 Å². The van der Waals surface area contributed by atoms with Crippen LogP contribution in [0.5, 0.6) is 11.5 Å². The number of fused-ring (bicyclic) bond motifs is 4. The molecule has 6 rings (SSSR count). The van der Waals surface area contributed by atoms with E-state index < -0.39 is 51.1 Å². The number of phenols is 1. The zero-order chi connectivity index (χ0) is 28.7. The minimum absolute atomic E-state index is 0.125. The number of rotatable bonds is 4. The van der Waals surface area contributed by atoms with Crippen LogP contribution >= 0.6 is 61.7 Å². The zero-order valence-corrected chi connectivity index (χ0v) is 26.2. The van der Waals surface area contributed by atoms with Crippen LogP contribution in [-0.4, -0.2) is 55.9 Å². The van der Waals surface area contributed by atoms with Gasteiger partial charge in [-0.05, 0) is 71.7 Å². The predicted molar refractivity (Wildman–Crippen MR) is 160 cm³/mol. The molecule has 208 valence electrons. The molecular formula is C28H22BrCl2IN2O6. The van der Waals surface area contributed by atoms with Crippen molar-refractivity contribution >= 4 is 91.0 Å². The van der Waals surface area contributed by atoms with Gasteiger partial charge in [0.1, 0.15) is 0 Å². The highest BCUT2D eigenvalue weighted by molar-refractivity contribution is 14.1. The number of methoxy groups -OCH3 is 1. The lowest BCUT2D eigenvalue weighted by molar-refractivity contribution is -0.138. The number of nitrogens with zero attached hydrogens (tertiary/aromatic N) is 2. The number of carbonyl (C=O) groups excluding carboxylic acids is 4. The summed E-state index contributed by atoms with van der Waals surface area (Å²) in [6.07, 6.45) is 1.93. The van der Waals surface area contributed by atoms with Gasteiger partial charge in [-0.2, -0.15) is 0 Å². The summed E-state index contributed by atoms with van der Waals surface area (Å²) in [7, 11) is 1.40. The van der Waals surface area contributed by atoms with Crippen LogP contribution in [0.3, 0.4) is 0 Å². The molecule has 2 heterocycles. The molecule has 40 heavy (non-hydrogen) atoms. The van der Waals surface area contributed by atoms with Crippen LogP contribution in [0.25, 0.3) is 0 Å². The first kappa shape index (κ1) is 28.0. The van der Waals surface area contributed by atoms with E-state index in [0.717, 1.165) is 8.47 Å². The van der Waals surface area contributed by atoms with E-state index in [4.69, 9.17) is 27.9 Å². The largest absolute Gasteiger partial charge is 0.504 e. The molecule has 4 amide bonds. The Balaban J connectivity index is 1.54. The topological polar surface area (TPSA) is 104 Å². The summed E-state index contributed by atoms with van der Waals surface area (Å²) in [5, 5.41) is 11.2. The van der Waals surface area contributed by atoms with E-state index in [1.165, 1.54) is 12.0 Å². The Kier molecular flexibility index (Phi) is 6.79. The summed E-state index contributed by atoms with van der Waals surface area (Å²) in [6, 6.07) is 11.9. The first-order chi connectivity index (χ1) is 19.0. The lowest BCUT2D eigenvalue weighted by Crippen LogP contribution is -2.60. The Morgan fingerprint density at radius 2 is 1.75 bits per heavy atom. The van der Waals surface area contributed by atoms with Crippen molar-refractivity contribution in [2.75, 3.05) is 17.5 Å². The van der Waals surface area contributed by atoms with Crippen molar-refractivity contribution < 1.29 is 29.0 Å². The third-order valence-electron chi connectivity index (χ3n) is 8.66. The number of aromatic hydroxyl groups is 1. The molecule has 2 saturated heterocycles. The number of benzene rings is 2. The first-order valence-electron chi connectivity index (χ1n) is 12.5. The first-order valence-corrected chi connectivity index (χ1v) is 15.5. The van der Waals surface area contributed by atoms with Crippen LogP contribution < -0.4 is 9.64 Å². The van der Waals surface area contributed by atoms with Gasteiger partial charge >= 0.3 is 0 Å². The number of likely N-dealkylation sites (tertiary alicyclic amines) is 1. The highest BCUT2D eigenvalue weighted by Crippen LogP contribution is 2.66. The fourth-order valence-electron chi connectivity index (χ4n) is 6.88. The molecule has 4 aliphatic rings. The van der Waals surface area contributed by atoms with E-state index in [-0.39, 0.29) is 41.3 Å². The van der Waals surface area contributed by atoms with Gasteiger partial charge in [0.15, 0.2) is 21.2 Å². The molecule has 2 aromatic rings. The van der Waals surface area contributed by atoms with Crippen molar-refractivity contribution in [3.05, 3.63) is 63.2 Å². The number of carbonyl (C=O) groups is 4. The third kappa shape index (κ3) is 3.54. The summed E-state index contributed by atoms with van der Waals surface area (Å²) in [5.41, 5.74) is 1.18. The maximum Gasteiger partial charge on any atom is 0.254 e. The third-order valence-corrected chi connectivity index (χ3v) is 11.3. The van der Waals surface area contributed by atoms with Crippen molar-refractivity contribution in [2.45, 2.75) is 28.5 Å². The monoisotopic (exact) mass is 758 g/mol. The molecule has 1 saturated carbocycles. The van der Waals surface area contributed by atoms with Crippen molar-refractivity contribution in [1.29, 1.82) is 0 Å². The van der Waals surface area contributed by atoms with Crippen LogP contribution in [0.15, 0.2) is 54.1 Å². The zero-order valence-electron chi connectivity index (χ0n) is 20.9. The number of amides is 4. The van der Waals surface area contributed by atoms with Gasteiger partial charge in [0.2, 0.25) is 11.8 Å². The number of para-hydroxylation sites is 1. The second kappa shape index (κ2) is 9.71. The van der Waals surface area contributed by atoms with Crippen LogP contribution in [-0.2, 0) is 19.2 Å². The molecule has 2 aromatic carbocycles. The van der Waals surface area contributed by atoms with E-state index in [1.54, 1.807) is 30.3 Å². The standard InChI is InChI=1S/C28H22BrCl2IN2O6/c1-40-19-4-2-3-17(22(19)35)21-15-9-10-16-20(24(37)34(23(16)36)14-7-5-13(32)6-8-14)18(15)11-27(30)25(38)33(12-29)26(39)28(21,27)31/h2-9,16,18,20-21,35H,10-12H2,1H3/t16-,18+,20-,21+,27+,28-/m0/s1. The molecule has 2 aliphatic heterocycles. The Bertz CT molecular complexity index is 1520. The molecule has 12 heteroatoms. The Morgan fingerprint density at radius 3 is 2.40 bits per heavy atom. The van der Waals surface area contributed by atoms with Gasteiger partial charge in [-0.25, -0.2) is 0 Å². The fourth-order valence-corrected chi connectivity index (χ4v) is 8.66. The van der Waals surface area contributed by atoms with Gasteiger partial charge in [0.05, 0.1) is 30.1 Å². The van der Waals surface area contributed by atoms with E-state index in [0.29, 0.717) is 11.3 Å². The van der Waals surface area contributed by atoms with Gasteiger partial charge in [0.25, 0.3) is 11.8 Å². The number of alkyl halides is 3. The molecule has 0 bridgehead atoms. The Morgan fingerprint density at radius 1 is 1.05 bits per heavy atom. The highest BCUT2D eigenvalue weighted by atomic mass is 127. The second-order valence-electron chi connectivity index (χ2n) is 10.4. The lowest BCUT2D eigenvalue weighted by atomic mass is 9.56. The molecule has 0 unspecified atom stereocenters. The Labute approximate surface area is 261 Å². The summed E-state index contributed by atoms with van der Waals surface area (Å²) in [5.74, 6) is -5.44. The minimum Gasteiger partial charge on any atom is -0.504 e. The number of anilines is 1. The van der Waals surface area contributed by atoms with Crippen molar-refractivity contribution in [3.8, 4) is 11.5 Å². The molecule has 3 fully saturated rings. The number of ether oxygens (including phenoxy) is 1. The quantitative estimate of drug-likeness (QED) is 0.156. The van der Waals surface area contributed by atoms with E-state index >= 15 is 0 Å². The number of halogens is 4. The summed E-state index contributed by atoms with van der Waals surface area (Å²) in [6.45, 7) is 0. The van der Waals surface area contributed by atoms with Gasteiger partial charge < -0.3 is 9.84 Å². The number of phenolic OH excluding ortho intramolecular Hbond substituents is 1. The molecule has 2 aliphatic carbocycles. The normalized spacial score (nSPS) is 33.1. The summed E-state index contributed by atoms with van der Waals surface area (Å²) < 4.78 is 6.28. The van der Waals surface area contributed by atoms with E-state index in [1.807, 2.05) is 18.2 Å². The maximum absolute atomic E-state index is 14.0. The fraction of sp³-hybridized carbons (Fsp3) is 0.357. The smallest absolute Gasteiger partial charge is 0.254 e. The number of hydrogen-bond donors (Lipinski definition) is 1. The average Bonchev–Trinajstić information content (AvgIpc) is 3.27. The number of imide groups is 2.